The lowest BCUT2D eigenvalue weighted by molar-refractivity contribution is 0.0942. The molecular formula is C18H22BrFN4O. The number of amides is 1. The molecule has 0 aliphatic carbocycles. The lowest BCUT2D eigenvalue weighted by Crippen LogP contribution is -2.31. The largest absolute Gasteiger partial charge is 0.371 e. The van der Waals surface area contributed by atoms with Crippen LogP contribution >= 0.6 is 15.9 Å². The van der Waals surface area contributed by atoms with Crippen LogP contribution in [0.3, 0.4) is 0 Å². The maximum atomic E-state index is 13.0. The molecule has 1 fully saturated rings. The highest BCUT2D eigenvalue weighted by atomic mass is 79.9. The summed E-state index contributed by atoms with van der Waals surface area (Å²) in [6.45, 7) is 6.46. The molecule has 1 unspecified atom stereocenters. The average molecular weight is 409 g/mol. The van der Waals surface area contributed by atoms with Crippen molar-refractivity contribution in [1.82, 2.24) is 15.5 Å². The van der Waals surface area contributed by atoms with Crippen LogP contribution in [0.4, 0.5) is 10.1 Å². The lowest BCUT2D eigenvalue weighted by atomic mass is 10.1. The van der Waals surface area contributed by atoms with Crippen LogP contribution in [0.25, 0.3) is 0 Å². The number of carbonyl (C=O) groups excluding carboxylic acids is 1. The molecule has 1 amide bonds. The fraction of sp³-hybridized carbons (Fsp3) is 0.444. The lowest BCUT2D eigenvalue weighted by Gasteiger charge is -2.18. The first-order valence-corrected chi connectivity index (χ1v) is 9.27. The van der Waals surface area contributed by atoms with E-state index in [0.717, 1.165) is 35.4 Å². The standard InChI is InChI=1S/C18H22BrFN4O/c1-11(2)16-15(19)17(23-22-16)18(25)21-9-12-7-8-24(10-12)14-5-3-13(20)4-6-14/h3-6,11-12H,7-10H2,1-2H3,(H,21,25)(H,22,23). The van der Waals surface area contributed by atoms with E-state index in [1.807, 2.05) is 13.8 Å². The quantitative estimate of drug-likeness (QED) is 0.792. The molecule has 1 saturated heterocycles. The smallest absolute Gasteiger partial charge is 0.272 e. The zero-order valence-corrected chi connectivity index (χ0v) is 15.9. The van der Waals surface area contributed by atoms with Gasteiger partial charge in [0, 0.05) is 25.3 Å². The van der Waals surface area contributed by atoms with Gasteiger partial charge in [-0.3, -0.25) is 9.89 Å². The van der Waals surface area contributed by atoms with Crippen LogP contribution in [0.15, 0.2) is 28.7 Å². The molecule has 1 aromatic heterocycles. The molecule has 1 atom stereocenters. The SMILES string of the molecule is CC(C)c1[nH]nc(C(=O)NCC2CCN(c3ccc(F)cc3)C2)c1Br. The highest BCUT2D eigenvalue weighted by Crippen LogP contribution is 2.26. The van der Waals surface area contributed by atoms with Crippen molar-refractivity contribution in [2.75, 3.05) is 24.5 Å². The highest BCUT2D eigenvalue weighted by molar-refractivity contribution is 9.10. The first kappa shape index (κ1) is 17.9. The van der Waals surface area contributed by atoms with Gasteiger partial charge in [-0.1, -0.05) is 13.8 Å². The number of aromatic nitrogens is 2. The number of hydrogen-bond acceptors (Lipinski definition) is 3. The monoisotopic (exact) mass is 408 g/mol. The zero-order chi connectivity index (χ0) is 18.0. The summed E-state index contributed by atoms with van der Waals surface area (Å²) in [5, 5.41) is 10.0. The van der Waals surface area contributed by atoms with Crippen LogP contribution in [-0.2, 0) is 0 Å². The summed E-state index contributed by atoms with van der Waals surface area (Å²) in [4.78, 5) is 14.6. The van der Waals surface area contributed by atoms with Crippen LogP contribution in [0.2, 0.25) is 0 Å². The maximum absolute atomic E-state index is 13.0. The highest BCUT2D eigenvalue weighted by Gasteiger charge is 2.25. The van der Waals surface area contributed by atoms with E-state index >= 15 is 0 Å². The molecule has 1 aliphatic rings. The minimum Gasteiger partial charge on any atom is -0.371 e. The minimum atomic E-state index is -0.225. The number of hydrogen-bond donors (Lipinski definition) is 2. The van der Waals surface area contributed by atoms with Gasteiger partial charge in [-0.2, -0.15) is 5.10 Å². The van der Waals surface area contributed by atoms with Gasteiger partial charge in [0.2, 0.25) is 0 Å². The van der Waals surface area contributed by atoms with Crippen molar-refractivity contribution < 1.29 is 9.18 Å². The third kappa shape index (κ3) is 4.03. The number of aromatic amines is 1. The number of carbonyl (C=O) groups is 1. The molecule has 5 nitrogen and oxygen atoms in total. The Kier molecular flexibility index (Phi) is 5.42. The second kappa shape index (κ2) is 7.56. The van der Waals surface area contributed by atoms with Crippen molar-refractivity contribution in [1.29, 1.82) is 0 Å². The Balaban J connectivity index is 1.54. The molecule has 134 valence electrons. The average Bonchev–Trinajstić information content (AvgIpc) is 3.20. The van der Waals surface area contributed by atoms with E-state index in [1.165, 1.54) is 12.1 Å². The van der Waals surface area contributed by atoms with Crippen LogP contribution in [0, 0.1) is 11.7 Å². The van der Waals surface area contributed by atoms with Crippen molar-refractivity contribution in [3.05, 3.63) is 45.9 Å². The molecule has 0 bridgehead atoms. The molecule has 25 heavy (non-hydrogen) atoms. The van der Waals surface area contributed by atoms with Gasteiger partial charge >= 0.3 is 0 Å². The predicted octanol–water partition coefficient (Wildman–Crippen LogP) is 3.69. The second-order valence-electron chi connectivity index (χ2n) is 6.74. The van der Waals surface area contributed by atoms with E-state index in [4.69, 9.17) is 0 Å². The first-order chi connectivity index (χ1) is 12.0. The molecule has 7 heteroatoms. The zero-order valence-electron chi connectivity index (χ0n) is 14.4. The summed E-state index contributed by atoms with van der Waals surface area (Å²) in [6.07, 6.45) is 0.997. The van der Waals surface area contributed by atoms with E-state index in [2.05, 4.69) is 36.3 Å². The third-order valence-electron chi connectivity index (χ3n) is 4.55. The van der Waals surface area contributed by atoms with E-state index in [1.54, 1.807) is 12.1 Å². The fourth-order valence-corrected chi connectivity index (χ4v) is 3.90. The summed E-state index contributed by atoms with van der Waals surface area (Å²) in [6, 6.07) is 6.55. The van der Waals surface area contributed by atoms with Gasteiger partial charge in [0.15, 0.2) is 5.69 Å². The predicted molar refractivity (Wildman–Crippen MR) is 99.4 cm³/mol. The number of benzene rings is 1. The fourth-order valence-electron chi connectivity index (χ4n) is 3.08. The van der Waals surface area contributed by atoms with Crippen molar-refractivity contribution in [2.24, 2.45) is 5.92 Å². The molecule has 1 aliphatic heterocycles. The topological polar surface area (TPSA) is 61.0 Å². The Bertz CT molecular complexity index is 744. The van der Waals surface area contributed by atoms with Crippen LogP contribution in [-0.4, -0.2) is 35.7 Å². The van der Waals surface area contributed by atoms with E-state index in [0.29, 0.717) is 18.2 Å². The molecule has 2 N–H and O–H groups in total. The van der Waals surface area contributed by atoms with E-state index in [-0.39, 0.29) is 17.6 Å². The molecular weight excluding hydrogens is 387 g/mol. The molecule has 1 aromatic carbocycles. The Hall–Kier alpha value is -1.89. The van der Waals surface area contributed by atoms with E-state index in [9.17, 15) is 9.18 Å². The molecule has 2 aromatic rings. The number of nitrogens with zero attached hydrogens (tertiary/aromatic N) is 2. The molecule has 0 spiro atoms. The maximum Gasteiger partial charge on any atom is 0.272 e. The summed E-state index contributed by atoms with van der Waals surface area (Å²) < 4.78 is 13.8. The summed E-state index contributed by atoms with van der Waals surface area (Å²) in [5.74, 6) is 0.242. The number of nitrogens with one attached hydrogen (secondary N) is 2. The van der Waals surface area contributed by atoms with Gasteiger partial charge in [0.1, 0.15) is 5.82 Å². The number of halogens is 2. The number of H-pyrrole nitrogens is 1. The third-order valence-corrected chi connectivity index (χ3v) is 5.36. The van der Waals surface area contributed by atoms with Gasteiger partial charge in [0.25, 0.3) is 5.91 Å². The summed E-state index contributed by atoms with van der Waals surface area (Å²) in [5.41, 5.74) is 2.34. The van der Waals surface area contributed by atoms with Gasteiger partial charge in [0.05, 0.1) is 10.2 Å². The van der Waals surface area contributed by atoms with Gasteiger partial charge in [-0.05, 0) is 58.5 Å². The number of rotatable bonds is 5. The Morgan fingerprint density at radius 2 is 2.16 bits per heavy atom. The summed E-state index contributed by atoms with van der Waals surface area (Å²) in [7, 11) is 0. The van der Waals surface area contributed by atoms with Crippen molar-refractivity contribution in [3.63, 3.8) is 0 Å². The van der Waals surface area contributed by atoms with E-state index < -0.39 is 0 Å². The van der Waals surface area contributed by atoms with Crippen LogP contribution in [0.5, 0.6) is 0 Å². The first-order valence-electron chi connectivity index (χ1n) is 8.48. The normalized spacial score (nSPS) is 17.3. The van der Waals surface area contributed by atoms with Gasteiger partial charge < -0.3 is 10.2 Å². The molecule has 3 rings (SSSR count). The van der Waals surface area contributed by atoms with Gasteiger partial charge in [-0.25, -0.2) is 4.39 Å². The number of anilines is 1. The minimum absolute atomic E-state index is 0.171. The van der Waals surface area contributed by atoms with Gasteiger partial charge in [-0.15, -0.1) is 0 Å². The van der Waals surface area contributed by atoms with Crippen molar-refractivity contribution in [2.45, 2.75) is 26.2 Å². The Labute approximate surface area is 155 Å². The summed E-state index contributed by atoms with van der Waals surface area (Å²) >= 11 is 3.46. The molecule has 0 radical (unpaired) electrons. The second-order valence-corrected chi connectivity index (χ2v) is 7.53. The molecule has 2 heterocycles. The van der Waals surface area contributed by atoms with Crippen molar-refractivity contribution in [3.8, 4) is 0 Å². The van der Waals surface area contributed by atoms with Crippen molar-refractivity contribution >= 4 is 27.5 Å². The molecule has 0 saturated carbocycles. The Morgan fingerprint density at radius 1 is 1.44 bits per heavy atom. The Morgan fingerprint density at radius 3 is 2.80 bits per heavy atom. The van der Waals surface area contributed by atoms with Crippen LogP contribution < -0.4 is 10.2 Å². The van der Waals surface area contributed by atoms with Crippen LogP contribution in [0.1, 0.15) is 42.4 Å².